The molecular formula is C17H31N3O4. The van der Waals surface area contributed by atoms with Gasteiger partial charge in [-0.25, -0.2) is 4.79 Å². The summed E-state index contributed by atoms with van der Waals surface area (Å²) in [5, 5.41) is 2.65. The van der Waals surface area contributed by atoms with Gasteiger partial charge in [-0.3, -0.25) is 9.59 Å². The number of carbonyl (C=O) groups is 3. The highest BCUT2D eigenvalue weighted by Gasteiger charge is 2.35. The molecular weight excluding hydrogens is 310 g/mol. The number of alkyl carbamates (subject to hydrolysis) is 1. The van der Waals surface area contributed by atoms with Crippen LogP contribution in [0.5, 0.6) is 0 Å². The molecule has 0 aromatic rings. The molecule has 1 aliphatic rings. The Morgan fingerprint density at radius 3 is 2.04 bits per heavy atom. The van der Waals surface area contributed by atoms with Crippen molar-refractivity contribution in [2.45, 2.75) is 78.6 Å². The molecule has 0 aromatic heterocycles. The molecule has 3 amide bonds. The minimum Gasteiger partial charge on any atom is -0.444 e. The Bertz CT molecular complexity index is 475. The van der Waals surface area contributed by atoms with Crippen molar-refractivity contribution in [3.05, 3.63) is 0 Å². The third-order valence-corrected chi connectivity index (χ3v) is 3.99. The number of ether oxygens (including phenoxy) is 1. The largest absolute Gasteiger partial charge is 0.444 e. The molecule has 1 N–H and O–H groups in total. The van der Waals surface area contributed by atoms with Gasteiger partial charge in [0, 0.05) is 32.1 Å². The normalized spacial score (nSPS) is 22.8. The fraction of sp³-hybridized carbons (Fsp3) is 0.824. The average Bonchev–Trinajstić information content (AvgIpc) is 2.40. The van der Waals surface area contributed by atoms with Crippen molar-refractivity contribution in [2.24, 2.45) is 0 Å². The van der Waals surface area contributed by atoms with Crippen LogP contribution >= 0.6 is 0 Å². The van der Waals surface area contributed by atoms with Crippen molar-refractivity contribution in [3.8, 4) is 0 Å². The van der Waals surface area contributed by atoms with Gasteiger partial charge in [0.15, 0.2) is 0 Å². The van der Waals surface area contributed by atoms with Crippen molar-refractivity contribution in [2.75, 3.05) is 13.1 Å². The molecule has 7 heteroatoms. The first-order valence-electron chi connectivity index (χ1n) is 8.53. The zero-order valence-electron chi connectivity index (χ0n) is 15.9. The van der Waals surface area contributed by atoms with Crippen LogP contribution in [0.3, 0.4) is 0 Å². The molecule has 0 bridgehead atoms. The first kappa shape index (κ1) is 20.3. The zero-order chi connectivity index (χ0) is 18.7. The summed E-state index contributed by atoms with van der Waals surface area (Å²) in [5.41, 5.74) is -0.610. The second-order valence-corrected chi connectivity index (χ2v) is 7.47. The van der Waals surface area contributed by atoms with Crippen molar-refractivity contribution in [1.29, 1.82) is 0 Å². The summed E-state index contributed by atoms with van der Waals surface area (Å²) in [5.74, 6) is -0.119. The highest BCUT2D eigenvalue weighted by Crippen LogP contribution is 2.17. The lowest BCUT2D eigenvalue weighted by molar-refractivity contribution is -0.145. The van der Waals surface area contributed by atoms with E-state index in [4.69, 9.17) is 4.74 Å². The lowest BCUT2D eigenvalue weighted by atomic mass is 10.1. The molecule has 0 radical (unpaired) electrons. The van der Waals surface area contributed by atoms with E-state index in [0.29, 0.717) is 19.5 Å². The maximum absolute atomic E-state index is 12.8. The molecule has 1 aliphatic heterocycles. The van der Waals surface area contributed by atoms with Gasteiger partial charge in [0.1, 0.15) is 11.6 Å². The van der Waals surface area contributed by atoms with Crippen LogP contribution in [0.15, 0.2) is 0 Å². The van der Waals surface area contributed by atoms with Crippen LogP contribution < -0.4 is 5.32 Å². The van der Waals surface area contributed by atoms with Gasteiger partial charge >= 0.3 is 6.09 Å². The third kappa shape index (κ3) is 5.39. The van der Waals surface area contributed by atoms with Crippen LogP contribution in [0.4, 0.5) is 4.79 Å². The molecule has 0 unspecified atom stereocenters. The summed E-state index contributed by atoms with van der Waals surface area (Å²) in [7, 11) is 0. The Labute approximate surface area is 144 Å². The molecule has 1 saturated heterocycles. The van der Waals surface area contributed by atoms with Crippen molar-refractivity contribution in [1.82, 2.24) is 15.1 Å². The number of hydrogen-bond acceptors (Lipinski definition) is 4. The summed E-state index contributed by atoms with van der Waals surface area (Å²) in [6, 6.07) is -0.716. The fourth-order valence-electron chi connectivity index (χ4n) is 3.13. The first-order chi connectivity index (χ1) is 11.0. The molecule has 0 saturated carbocycles. The van der Waals surface area contributed by atoms with E-state index in [1.54, 1.807) is 37.5 Å². The van der Waals surface area contributed by atoms with Gasteiger partial charge in [0.2, 0.25) is 11.8 Å². The van der Waals surface area contributed by atoms with Gasteiger partial charge in [-0.2, -0.15) is 0 Å². The number of rotatable bonds is 3. The van der Waals surface area contributed by atoms with E-state index >= 15 is 0 Å². The summed E-state index contributed by atoms with van der Waals surface area (Å²) >= 11 is 0. The lowest BCUT2D eigenvalue weighted by Gasteiger charge is -2.44. The van der Waals surface area contributed by atoms with E-state index in [-0.39, 0.29) is 23.9 Å². The molecule has 1 heterocycles. The number of amides is 3. The monoisotopic (exact) mass is 341 g/mol. The summed E-state index contributed by atoms with van der Waals surface area (Å²) in [6.45, 7) is 13.5. The Hall–Kier alpha value is -1.79. The quantitative estimate of drug-likeness (QED) is 0.848. The molecule has 3 atom stereocenters. The Morgan fingerprint density at radius 1 is 1.17 bits per heavy atom. The highest BCUT2D eigenvalue weighted by atomic mass is 16.6. The van der Waals surface area contributed by atoms with Crippen molar-refractivity contribution < 1.29 is 19.1 Å². The Balaban J connectivity index is 2.73. The van der Waals surface area contributed by atoms with Gasteiger partial charge in [0.05, 0.1) is 0 Å². The maximum atomic E-state index is 12.8. The molecule has 24 heavy (non-hydrogen) atoms. The van der Waals surface area contributed by atoms with Crippen LogP contribution in [0.2, 0.25) is 0 Å². The van der Waals surface area contributed by atoms with E-state index in [9.17, 15) is 14.4 Å². The maximum Gasteiger partial charge on any atom is 0.408 e. The van der Waals surface area contributed by atoms with Crippen LogP contribution in [-0.2, 0) is 14.3 Å². The van der Waals surface area contributed by atoms with Gasteiger partial charge in [0.25, 0.3) is 0 Å². The predicted molar refractivity (Wildman–Crippen MR) is 91.5 cm³/mol. The van der Waals surface area contributed by atoms with Crippen molar-refractivity contribution in [3.63, 3.8) is 0 Å². The van der Waals surface area contributed by atoms with E-state index in [1.165, 1.54) is 0 Å². The van der Waals surface area contributed by atoms with E-state index in [2.05, 4.69) is 5.32 Å². The second-order valence-electron chi connectivity index (χ2n) is 7.47. The number of piperazine rings is 1. The molecule has 0 aromatic carbocycles. The standard InChI is InChI=1S/C17H31N3O4/c1-8-14(18-16(23)24-17(5,6)7)15(22)19-9-11(2)20(13(4)21)12(3)10-19/h11-12,14H,8-10H2,1-7H3,(H,18,23)/t11-,12+,14-/m0/s1. The van der Waals surface area contributed by atoms with Gasteiger partial charge in [-0.05, 0) is 41.0 Å². The van der Waals surface area contributed by atoms with Crippen LogP contribution in [0.1, 0.15) is 54.9 Å². The number of nitrogens with zero attached hydrogens (tertiary/aromatic N) is 2. The SMILES string of the molecule is CC[C@H](NC(=O)OC(C)(C)C)C(=O)N1C[C@@H](C)N(C(C)=O)[C@@H](C)C1. The summed E-state index contributed by atoms with van der Waals surface area (Å²) < 4.78 is 5.22. The second kappa shape index (κ2) is 7.85. The van der Waals surface area contributed by atoms with Crippen LogP contribution in [-0.4, -0.2) is 64.5 Å². The minimum atomic E-state index is -0.622. The summed E-state index contributed by atoms with van der Waals surface area (Å²) in [6.07, 6.45) is -0.112. The van der Waals surface area contributed by atoms with Gasteiger partial charge < -0.3 is 19.9 Å². The Morgan fingerprint density at radius 2 is 1.67 bits per heavy atom. The van der Waals surface area contributed by atoms with Crippen LogP contribution in [0.25, 0.3) is 0 Å². The van der Waals surface area contributed by atoms with Gasteiger partial charge in [-0.1, -0.05) is 6.92 Å². The van der Waals surface area contributed by atoms with E-state index < -0.39 is 17.7 Å². The number of carbonyl (C=O) groups excluding carboxylic acids is 3. The van der Waals surface area contributed by atoms with Gasteiger partial charge in [-0.15, -0.1) is 0 Å². The average molecular weight is 341 g/mol. The molecule has 1 rings (SSSR count). The Kier molecular flexibility index (Phi) is 6.63. The van der Waals surface area contributed by atoms with E-state index in [0.717, 1.165) is 0 Å². The molecule has 1 fully saturated rings. The number of nitrogens with one attached hydrogen (secondary N) is 1. The first-order valence-corrected chi connectivity index (χ1v) is 8.53. The fourth-order valence-corrected chi connectivity index (χ4v) is 3.13. The van der Waals surface area contributed by atoms with E-state index in [1.807, 2.05) is 20.8 Å². The topological polar surface area (TPSA) is 79.0 Å². The molecule has 7 nitrogen and oxygen atoms in total. The number of hydrogen-bond donors (Lipinski definition) is 1. The highest BCUT2D eigenvalue weighted by molar-refractivity contribution is 5.86. The summed E-state index contributed by atoms with van der Waals surface area (Å²) in [4.78, 5) is 39.9. The van der Waals surface area contributed by atoms with Crippen LogP contribution in [0, 0.1) is 0 Å². The zero-order valence-corrected chi connectivity index (χ0v) is 15.9. The lowest BCUT2D eigenvalue weighted by Crippen LogP contribution is -2.62. The molecule has 138 valence electrons. The molecule has 0 aliphatic carbocycles. The third-order valence-electron chi connectivity index (χ3n) is 3.99. The van der Waals surface area contributed by atoms with Crippen molar-refractivity contribution >= 4 is 17.9 Å². The smallest absolute Gasteiger partial charge is 0.408 e. The molecule has 0 spiro atoms. The minimum absolute atomic E-state index is 0.0148. The predicted octanol–water partition coefficient (Wildman–Crippen LogP) is 1.76.